The number of carbonyl (C=O) groups is 1. The lowest BCUT2D eigenvalue weighted by Gasteiger charge is -2.23. The third-order valence-corrected chi connectivity index (χ3v) is 4.20. The summed E-state index contributed by atoms with van der Waals surface area (Å²) in [4.78, 5) is 20.2. The predicted octanol–water partition coefficient (Wildman–Crippen LogP) is 5.46. The number of anilines is 4. The largest absolute Gasteiger partial charge is 0.340 e. The van der Waals surface area contributed by atoms with Crippen LogP contribution in [0, 0.1) is 0 Å². The highest BCUT2D eigenvalue weighted by Gasteiger charge is 2.17. The second-order valence-electron chi connectivity index (χ2n) is 7.44. The fraction of sp³-hybridized carbons (Fsp3) is 0.227. The van der Waals surface area contributed by atoms with Gasteiger partial charge < -0.3 is 10.6 Å². The Morgan fingerprint density at radius 1 is 0.926 bits per heavy atom. The molecule has 0 unspecified atom stereocenters. The van der Waals surface area contributed by atoms with Gasteiger partial charge in [0.2, 0.25) is 5.95 Å². The second-order valence-corrected chi connectivity index (χ2v) is 7.44. The minimum absolute atomic E-state index is 0.0240. The Labute approximate surface area is 159 Å². The zero-order valence-corrected chi connectivity index (χ0v) is 16.1. The topological polar surface area (TPSA) is 66.9 Å². The number of carbonyl (C=O) groups excluding carboxylic acids is 1. The molecular weight excluding hydrogens is 336 g/mol. The van der Waals surface area contributed by atoms with Crippen molar-refractivity contribution < 1.29 is 4.79 Å². The third kappa shape index (κ3) is 4.70. The van der Waals surface area contributed by atoms with E-state index in [-0.39, 0.29) is 11.2 Å². The van der Waals surface area contributed by atoms with E-state index in [1.165, 1.54) is 5.56 Å². The first-order chi connectivity index (χ1) is 12.8. The number of nitrogens with zero attached hydrogens (tertiary/aromatic N) is 2. The zero-order valence-electron chi connectivity index (χ0n) is 16.1. The molecule has 0 fully saturated rings. The maximum Gasteiger partial charge on any atom is 0.229 e. The van der Waals surface area contributed by atoms with Gasteiger partial charge in [-0.25, -0.2) is 4.98 Å². The number of ketones is 1. The maximum atomic E-state index is 11.4. The molecular formula is C22H24N4O. The predicted molar refractivity (Wildman–Crippen MR) is 110 cm³/mol. The van der Waals surface area contributed by atoms with E-state index in [2.05, 4.69) is 53.5 Å². The van der Waals surface area contributed by atoms with Crippen molar-refractivity contribution in [1.29, 1.82) is 0 Å². The van der Waals surface area contributed by atoms with Gasteiger partial charge in [0.05, 0.1) is 0 Å². The molecule has 0 aliphatic carbocycles. The monoisotopic (exact) mass is 360 g/mol. The number of para-hydroxylation sites is 1. The third-order valence-electron chi connectivity index (χ3n) is 4.20. The summed E-state index contributed by atoms with van der Waals surface area (Å²) >= 11 is 0. The van der Waals surface area contributed by atoms with Crippen molar-refractivity contribution in [3.63, 3.8) is 0 Å². The first kappa shape index (κ1) is 18.6. The molecule has 0 spiro atoms. The van der Waals surface area contributed by atoms with Crippen molar-refractivity contribution in [1.82, 2.24) is 9.97 Å². The summed E-state index contributed by atoms with van der Waals surface area (Å²) in [5, 5.41) is 6.56. The van der Waals surface area contributed by atoms with Crippen LogP contribution < -0.4 is 10.6 Å². The minimum Gasteiger partial charge on any atom is -0.340 e. The van der Waals surface area contributed by atoms with Crippen molar-refractivity contribution in [2.45, 2.75) is 33.1 Å². The van der Waals surface area contributed by atoms with E-state index < -0.39 is 0 Å². The molecule has 5 heteroatoms. The van der Waals surface area contributed by atoms with E-state index in [1.54, 1.807) is 25.3 Å². The second kappa shape index (κ2) is 7.58. The number of hydrogen-bond donors (Lipinski definition) is 2. The van der Waals surface area contributed by atoms with Gasteiger partial charge in [0.25, 0.3) is 0 Å². The van der Waals surface area contributed by atoms with Crippen molar-refractivity contribution >= 4 is 28.9 Å². The standard InChI is InChI=1S/C22H24N4O/c1-15(27)16-9-11-17(12-10-16)24-21-23-14-13-20(26-21)25-19-8-6-5-7-18(19)22(2,3)4/h5-14H,1-4H3,(H2,23,24,25,26). The minimum atomic E-state index is 0.0240. The summed E-state index contributed by atoms with van der Waals surface area (Å²) in [6.45, 7) is 8.11. The van der Waals surface area contributed by atoms with Gasteiger partial charge in [-0.15, -0.1) is 0 Å². The quantitative estimate of drug-likeness (QED) is 0.591. The van der Waals surface area contributed by atoms with Gasteiger partial charge in [-0.3, -0.25) is 4.79 Å². The lowest BCUT2D eigenvalue weighted by molar-refractivity contribution is 0.101. The summed E-state index contributed by atoms with van der Waals surface area (Å²) in [6, 6.07) is 17.3. The van der Waals surface area contributed by atoms with Gasteiger partial charge in [0, 0.05) is 23.1 Å². The van der Waals surface area contributed by atoms with E-state index >= 15 is 0 Å². The Morgan fingerprint density at radius 3 is 2.30 bits per heavy atom. The Morgan fingerprint density at radius 2 is 1.63 bits per heavy atom. The highest BCUT2D eigenvalue weighted by molar-refractivity contribution is 5.94. The van der Waals surface area contributed by atoms with Crippen LogP contribution in [0.3, 0.4) is 0 Å². The number of benzene rings is 2. The van der Waals surface area contributed by atoms with Crippen molar-refractivity contribution in [2.75, 3.05) is 10.6 Å². The molecule has 138 valence electrons. The molecule has 27 heavy (non-hydrogen) atoms. The van der Waals surface area contributed by atoms with E-state index in [4.69, 9.17) is 0 Å². The molecule has 1 heterocycles. The molecule has 0 saturated heterocycles. The maximum absolute atomic E-state index is 11.4. The van der Waals surface area contributed by atoms with Crippen molar-refractivity contribution in [3.05, 3.63) is 71.9 Å². The first-order valence-corrected chi connectivity index (χ1v) is 8.90. The number of rotatable bonds is 5. The van der Waals surface area contributed by atoms with Gasteiger partial charge in [-0.05, 0) is 54.3 Å². The Bertz CT molecular complexity index is 943. The van der Waals surface area contributed by atoms with Crippen LogP contribution in [0.2, 0.25) is 0 Å². The van der Waals surface area contributed by atoms with E-state index in [1.807, 2.05) is 30.3 Å². The number of nitrogens with one attached hydrogen (secondary N) is 2. The molecule has 0 bridgehead atoms. The van der Waals surface area contributed by atoms with Crippen LogP contribution in [0.15, 0.2) is 60.8 Å². The summed E-state index contributed by atoms with van der Waals surface area (Å²) in [6.07, 6.45) is 1.71. The molecule has 3 aromatic rings. The fourth-order valence-corrected chi connectivity index (χ4v) is 2.79. The fourth-order valence-electron chi connectivity index (χ4n) is 2.79. The highest BCUT2D eigenvalue weighted by Crippen LogP contribution is 2.31. The average Bonchev–Trinajstić information content (AvgIpc) is 2.62. The van der Waals surface area contributed by atoms with Gasteiger partial charge >= 0.3 is 0 Å². The van der Waals surface area contributed by atoms with Crippen molar-refractivity contribution in [3.8, 4) is 0 Å². The van der Waals surface area contributed by atoms with E-state index in [0.29, 0.717) is 17.3 Å². The lowest BCUT2D eigenvalue weighted by Crippen LogP contribution is -2.13. The average molecular weight is 360 g/mol. The molecule has 2 N–H and O–H groups in total. The molecule has 3 rings (SSSR count). The van der Waals surface area contributed by atoms with Crippen LogP contribution in [0.5, 0.6) is 0 Å². The molecule has 5 nitrogen and oxygen atoms in total. The van der Waals surface area contributed by atoms with Gasteiger partial charge in [-0.1, -0.05) is 39.0 Å². The Balaban J connectivity index is 1.79. The number of Topliss-reactive ketones (excluding diaryl/α,β-unsaturated/α-hetero) is 1. The zero-order chi connectivity index (χ0) is 19.4. The van der Waals surface area contributed by atoms with Gasteiger partial charge in [0.1, 0.15) is 5.82 Å². The van der Waals surface area contributed by atoms with Crippen LogP contribution in [0.4, 0.5) is 23.1 Å². The molecule has 0 atom stereocenters. The molecule has 0 radical (unpaired) electrons. The molecule has 1 aromatic heterocycles. The highest BCUT2D eigenvalue weighted by atomic mass is 16.1. The smallest absolute Gasteiger partial charge is 0.229 e. The van der Waals surface area contributed by atoms with Crippen LogP contribution in [0.25, 0.3) is 0 Å². The molecule has 0 amide bonds. The summed E-state index contributed by atoms with van der Waals surface area (Å²) in [5.74, 6) is 1.25. The lowest BCUT2D eigenvalue weighted by atomic mass is 9.86. The van der Waals surface area contributed by atoms with Crippen molar-refractivity contribution in [2.24, 2.45) is 0 Å². The van der Waals surface area contributed by atoms with Gasteiger partial charge in [-0.2, -0.15) is 4.98 Å². The van der Waals surface area contributed by atoms with Crippen LogP contribution >= 0.6 is 0 Å². The Kier molecular flexibility index (Phi) is 5.21. The molecule has 0 saturated carbocycles. The Hall–Kier alpha value is -3.21. The summed E-state index contributed by atoms with van der Waals surface area (Å²) < 4.78 is 0. The van der Waals surface area contributed by atoms with Crippen LogP contribution in [-0.4, -0.2) is 15.8 Å². The van der Waals surface area contributed by atoms with E-state index in [0.717, 1.165) is 11.4 Å². The van der Waals surface area contributed by atoms with Crippen LogP contribution in [-0.2, 0) is 5.41 Å². The molecule has 0 aliphatic rings. The molecule has 2 aromatic carbocycles. The summed E-state index contributed by atoms with van der Waals surface area (Å²) in [5.41, 5.74) is 3.78. The summed E-state index contributed by atoms with van der Waals surface area (Å²) in [7, 11) is 0. The number of hydrogen-bond acceptors (Lipinski definition) is 5. The molecule has 0 aliphatic heterocycles. The SMILES string of the molecule is CC(=O)c1ccc(Nc2nccc(Nc3ccccc3C(C)(C)C)n2)cc1. The number of aromatic nitrogens is 2. The van der Waals surface area contributed by atoms with Gasteiger partial charge in [0.15, 0.2) is 5.78 Å². The van der Waals surface area contributed by atoms with E-state index in [9.17, 15) is 4.79 Å². The first-order valence-electron chi connectivity index (χ1n) is 8.90. The van der Waals surface area contributed by atoms with Crippen LogP contribution in [0.1, 0.15) is 43.6 Å². The normalized spacial score (nSPS) is 11.1.